The van der Waals surface area contributed by atoms with Crippen LogP contribution in [0.15, 0.2) is 30.3 Å². The topological polar surface area (TPSA) is 42.8 Å². The van der Waals surface area contributed by atoms with Crippen molar-refractivity contribution in [2.24, 2.45) is 0 Å². The molecule has 1 fully saturated rings. The summed E-state index contributed by atoms with van der Waals surface area (Å²) in [7, 11) is 0. The third kappa shape index (κ3) is 3.96. The standard InChI is InChI=1S/C15H19N3OS2/c20-15-17-16-14(18(15)9-13-7-4-8-19-13)11-21-10-12-5-2-1-3-6-12/h1-3,5-6,13H,4,7-11H2,(H,17,20)/t13-/m1/s1. The monoisotopic (exact) mass is 321 g/mol. The summed E-state index contributed by atoms with van der Waals surface area (Å²) in [5.41, 5.74) is 1.34. The van der Waals surface area contributed by atoms with Crippen LogP contribution in [0.3, 0.4) is 0 Å². The van der Waals surface area contributed by atoms with Gasteiger partial charge in [-0.2, -0.15) is 5.10 Å². The molecule has 6 heteroatoms. The van der Waals surface area contributed by atoms with Gasteiger partial charge in [0.15, 0.2) is 4.77 Å². The fourth-order valence-corrected chi connectivity index (χ4v) is 3.63. The van der Waals surface area contributed by atoms with Crippen LogP contribution >= 0.6 is 24.0 Å². The summed E-state index contributed by atoms with van der Waals surface area (Å²) < 4.78 is 8.48. The maximum absolute atomic E-state index is 5.69. The molecule has 21 heavy (non-hydrogen) atoms. The van der Waals surface area contributed by atoms with Crippen LogP contribution in [0.2, 0.25) is 0 Å². The largest absolute Gasteiger partial charge is 0.376 e. The summed E-state index contributed by atoms with van der Waals surface area (Å²) in [5, 5.41) is 7.27. The summed E-state index contributed by atoms with van der Waals surface area (Å²) in [5.74, 6) is 2.85. The van der Waals surface area contributed by atoms with Gasteiger partial charge in [0, 0.05) is 12.4 Å². The number of rotatable bonds is 6. The highest BCUT2D eigenvalue weighted by molar-refractivity contribution is 7.97. The van der Waals surface area contributed by atoms with Crippen LogP contribution in [0, 0.1) is 4.77 Å². The molecular formula is C15H19N3OS2. The molecule has 1 aromatic carbocycles. The van der Waals surface area contributed by atoms with Crippen molar-refractivity contribution < 1.29 is 4.74 Å². The lowest BCUT2D eigenvalue weighted by Gasteiger charge is -2.12. The predicted molar refractivity (Wildman–Crippen MR) is 87.8 cm³/mol. The van der Waals surface area contributed by atoms with E-state index in [0.29, 0.717) is 4.77 Å². The molecule has 1 saturated heterocycles. The van der Waals surface area contributed by atoms with Crippen molar-refractivity contribution in [3.8, 4) is 0 Å². The highest BCUT2D eigenvalue weighted by atomic mass is 32.2. The Morgan fingerprint density at radius 3 is 2.95 bits per heavy atom. The average molecular weight is 321 g/mol. The number of nitrogens with zero attached hydrogens (tertiary/aromatic N) is 2. The Kier molecular flexibility index (Phi) is 5.11. The lowest BCUT2D eigenvalue weighted by atomic mass is 10.2. The Morgan fingerprint density at radius 2 is 2.19 bits per heavy atom. The minimum atomic E-state index is 0.284. The van der Waals surface area contributed by atoms with Crippen molar-refractivity contribution in [3.05, 3.63) is 46.5 Å². The molecule has 0 saturated carbocycles. The van der Waals surface area contributed by atoms with Gasteiger partial charge in [-0.3, -0.25) is 5.10 Å². The molecule has 0 spiro atoms. The van der Waals surface area contributed by atoms with E-state index in [0.717, 1.165) is 43.3 Å². The quantitative estimate of drug-likeness (QED) is 0.826. The molecule has 1 aromatic heterocycles. The first-order valence-corrected chi connectivity index (χ1v) is 8.76. The first-order chi connectivity index (χ1) is 10.3. The SMILES string of the molecule is S=c1[nH]nc(CSCc2ccccc2)n1C[C@H]1CCCO1. The lowest BCUT2D eigenvalue weighted by Crippen LogP contribution is -2.17. The number of hydrogen-bond acceptors (Lipinski definition) is 4. The second kappa shape index (κ2) is 7.24. The zero-order valence-corrected chi connectivity index (χ0v) is 13.5. The van der Waals surface area contributed by atoms with E-state index < -0.39 is 0 Å². The van der Waals surface area contributed by atoms with Gasteiger partial charge < -0.3 is 9.30 Å². The minimum absolute atomic E-state index is 0.284. The summed E-state index contributed by atoms with van der Waals surface area (Å²) >= 11 is 7.19. The second-order valence-corrected chi connectivity index (χ2v) is 6.54. The van der Waals surface area contributed by atoms with Crippen molar-refractivity contribution in [1.82, 2.24) is 14.8 Å². The first kappa shape index (κ1) is 14.8. The van der Waals surface area contributed by atoms with E-state index in [9.17, 15) is 0 Å². The van der Waals surface area contributed by atoms with Crippen LogP contribution in [0.25, 0.3) is 0 Å². The molecule has 1 aliphatic heterocycles. The number of hydrogen-bond donors (Lipinski definition) is 1. The second-order valence-electron chi connectivity index (χ2n) is 5.17. The van der Waals surface area contributed by atoms with Gasteiger partial charge in [-0.25, -0.2) is 0 Å². The molecule has 0 aliphatic carbocycles. The summed E-state index contributed by atoms with van der Waals surface area (Å²) in [6, 6.07) is 10.5. The van der Waals surface area contributed by atoms with Crippen molar-refractivity contribution in [3.63, 3.8) is 0 Å². The summed E-state index contributed by atoms with van der Waals surface area (Å²) in [6.45, 7) is 1.69. The Labute approximate surface area is 133 Å². The van der Waals surface area contributed by atoms with Crippen molar-refractivity contribution in [2.45, 2.75) is 37.0 Å². The van der Waals surface area contributed by atoms with Crippen LogP contribution in [-0.4, -0.2) is 27.5 Å². The van der Waals surface area contributed by atoms with E-state index in [2.05, 4.69) is 39.0 Å². The van der Waals surface area contributed by atoms with Gasteiger partial charge in [-0.15, -0.1) is 11.8 Å². The maximum atomic E-state index is 5.69. The first-order valence-electron chi connectivity index (χ1n) is 7.20. The number of benzene rings is 1. The van der Waals surface area contributed by atoms with Crippen LogP contribution in [0.4, 0.5) is 0 Å². The summed E-state index contributed by atoms with van der Waals surface area (Å²) in [6.07, 6.45) is 2.55. The van der Waals surface area contributed by atoms with Crippen LogP contribution in [0.5, 0.6) is 0 Å². The molecule has 0 bridgehead atoms. The number of nitrogens with one attached hydrogen (secondary N) is 1. The maximum Gasteiger partial charge on any atom is 0.195 e. The number of ether oxygens (including phenoxy) is 1. The number of aromatic nitrogens is 3. The highest BCUT2D eigenvalue weighted by Crippen LogP contribution is 2.19. The summed E-state index contributed by atoms with van der Waals surface area (Å²) in [4.78, 5) is 0. The van der Waals surface area contributed by atoms with Crippen molar-refractivity contribution in [2.75, 3.05) is 6.61 Å². The highest BCUT2D eigenvalue weighted by Gasteiger charge is 2.18. The van der Waals surface area contributed by atoms with Crippen LogP contribution in [0.1, 0.15) is 24.2 Å². The van der Waals surface area contributed by atoms with E-state index in [1.54, 1.807) is 0 Å². The molecule has 4 nitrogen and oxygen atoms in total. The molecule has 1 aliphatic rings. The Morgan fingerprint density at radius 1 is 1.33 bits per heavy atom. The fraction of sp³-hybridized carbons (Fsp3) is 0.467. The zero-order valence-electron chi connectivity index (χ0n) is 11.8. The number of H-pyrrole nitrogens is 1. The molecule has 3 rings (SSSR count). The van der Waals surface area contributed by atoms with Gasteiger partial charge in [0.2, 0.25) is 0 Å². The fourth-order valence-electron chi connectivity index (χ4n) is 2.48. The van der Waals surface area contributed by atoms with Gasteiger partial charge in [-0.1, -0.05) is 30.3 Å². The molecule has 112 valence electrons. The zero-order chi connectivity index (χ0) is 14.5. The molecule has 1 atom stereocenters. The smallest absolute Gasteiger partial charge is 0.195 e. The average Bonchev–Trinajstić information content (AvgIpc) is 3.13. The van der Waals surface area contributed by atoms with Crippen molar-refractivity contribution in [1.29, 1.82) is 0 Å². The Hall–Kier alpha value is -1.11. The van der Waals surface area contributed by atoms with Gasteiger partial charge in [0.1, 0.15) is 5.82 Å². The third-order valence-corrected chi connectivity index (χ3v) is 4.90. The minimum Gasteiger partial charge on any atom is -0.376 e. The van der Waals surface area contributed by atoms with E-state index in [4.69, 9.17) is 17.0 Å². The molecule has 0 amide bonds. The number of thioether (sulfide) groups is 1. The van der Waals surface area contributed by atoms with Crippen LogP contribution in [-0.2, 0) is 22.8 Å². The Bertz CT molecular complexity index is 617. The van der Waals surface area contributed by atoms with Gasteiger partial charge >= 0.3 is 0 Å². The molecule has 1 N–H and O–H groups in total. The third-order valence-electron chi connectivity index (χ3n) is 3.59. The van der Waals surface area contributed by atoms with E-state index >= 15 is 0 Å². The predicted octanol–water partition coefficient (Wildman–Crippen LogP) is 3.55. The van der Waals surface area contributed by atoms with Gasteiger partial charge in [-0.05, 0) is 30.6 Å². The molecule has 0 radical (unpaired) electrons. The van der Waals surface area contributed by atoms with Gasteiger partial charge in [0.05, 0.1) is 18.4 Å². The number of aromatic amines is 1. The Balaban J connectivity index is 1.59. The van der Waals surface area contributed by atoms with Crippen LogP contribution < -0.4 is 0 Å². The van der Waals surface area contributed by atoms with E-state index in [-0.39, 0.29) is 6.10 Å². The normalized spacial score (nSPS) is 18.2. The van der Waals surface area contributed by atoms with E-state index in [1.807, 2.05) is 17.8 Å². The molecule has 2 heterocycles. The molecule has 2 aromatic rings. The molecular weight excluding hydrogens is 302 g/mol. The van der Waals surface area contributed by atoms with E-state index in [1.165, 1.54) is 5.56 Å². The lowest BCUT2D eigenvalue weighted by molar-refractivity contribution is 0.0960. The van der Waals surface area contributed by atoms with Gasteiger partial charge in [0.25, 0.3) is 0 Å². The van der Waals surface area contributed by atoms with Crippen molar-refractivity contribution >= 4 is 24.0 Å². The molecule has 0 unspecified atom stereocenters.